The summed E-state index contributed by atoms with van der Waals surface area (Å²) in [7, 11) is 1.54. The van der Waals surface area contributed by atoms with Gasteiger partial charge in [-0.1, -0.05) is 15.9 Å². The van der Waals surface area contributed by atoms with Gasteiger partial charge in [-0.3, -0.25) is 0 Å². The number of nitrogens with zero attached hydrogens (tertiary/aromatic N) is 4. The zero-order valence-corrected chi connectivity index (χ0v) is 13.3. The van der Waals surface area contributed by atoms with Gasteiger partial charge in [0.15, 0.2) is 0 Å². The molecule has 3 rings (SSSR count). The zero-order chi connectivity index (χ0) is 15.5. The van der Waals surface area contributed by atoms with Crippen molar-refractivity contribution >= 4 is 15.9 Å². The van der Waals surface area contributed by atoms with E-state index in [4.69, 9.17) is 4.74 Å². The lowest BCUT2D eigenvalue weighted by Crippen LogP contribution is -2.06. The van der Waals surface area contributed by atoms with Gasteiger partial charge in [-0.15, -0.1) is 10.2 Å². The number of methoxy groups -OCH3 is 1. The summed E-state index contributed by atoms with van der Waals surface area (Å²) in [5.41, 5.74) is 1.52. The van der Waals surface area contributed by atoms with Crippen molar-refractivity contribution in [2.75, 3.05) is 7.11 Å². The minimum atomic E-state index is -0.330. The fraction of sp³-hybridized carbons (Fsp3) is 0.133. The summed E-state index contributed by atoms with van der Waals surface area (Å²) in [6.07, 6.45) is 0. The van der Waals surface area contributed by atoms with Crippen molar-refractivity contribution in [1.29, 1.82) is 0 Å². The minimum Gasteiger partial charge on any atom is -0.496 e. The standard InChI is InChI=1S/C15H12BrFN4O/c1-22-14-7-6-13(17)8-11(14)9-21-19-15(18-20-21)10-2-4-12(16)5-3-10/h2-8H,9H2,1H3. The van der Waals surface area contributed by atoms with E-state index in [1.54, 1.807) is 13.2 Å². The highest BCUT2D eigenvalue weighted by Crippen LogP contribution is 2.21. The molecule has 0 unspecified atom stereocenters. The lowest BCUT2D eigenvalue weighted by Gasteiger charge is -2.07. The normalized spacial score (nSPS) is 10.7. The largest absolute Gasteiger partial charge is 0.496 e. The summed E-state index contributed by atoms with van der Waals surface area (Å²) < 4.78 is 19.6. The van der Waals surface area contributed by atoms with E-state index in [0.717, 1.165) is 10.0 Å². The molecule has 1 aromatic heterocycles. The van der Waals surface area contributed by atoms with E-state index in [1.165, 1.54) is 16.9 Å². The summed E-state index contributed by atoms with van der Waals surface area (Å²) >= 11 is 3.38. The van der Waals surface area contributed by atoms with Crippen LogP contribution in [0.25, 0.3) is 11.4 Å². The number of ether oxygens (including phenoxy) is 1. The van der Waals surface area contributed by atoms with Crippen LogP contribution >= 0.6 is 15.9 Å². The van der Waals surface area contributed by atoms with Crippen molar-refractivity contribution in [2.45, 2.75) is 6.54 Å². The fourth-order valence-electron chi connectivity index (χ4n) is 2.05. The van der Waals surface area contributed by atoms with E-state index in [0.29, 0.717) is 17.1 Å². The van der Waals surface area contributed by atoms with Gasteiger partial charge in [0.05, 0.1) is 13.7 Å². The average Bonchev–Trinajstić information content (AvgIpc) is 2.97. The van der Waals surface area contributed by atoms with Crippen LogP contribution in [0.3, 0.4) is 0 Å². The van der Waals surface area contributed by atoms with Crippen LogP contribution in [0.1, 0.15) is 5.56 Å². The summed E-state index contributed by atoms with van der Waals surface area (Å²) in [5.74, 6) is 0.774. The SMILES string of the molecule is COc1ccc(F)cc1Cn1nnc(-c2ccc(Br)cc2)n1. The molecule has 112 valence electrons. The Morgan fingerprint density at radius 2 is 1.95 bits per heavy atom. The van der Waals surface area contributed by atoms with Crippen LogP contribution in [0.5, 0.6) is 5.75 Å². The highest BCUT2D eigenvalue weighted by Gasteiger charge is 2.10. The molecule has 0 aliphatic carbocycles. The topological polar surface area (TPSA) is 52.8 Å². The molecule has 0 atom stereocenters. The predicted octanol–water partition coefficient (Wildman–Crippen LogP) is 3.30. The maximum atomic E-state index is 13.4. The van der Waals surface area contributed by atoms with Gasteiger partial charge in [0, 0.05) is 15.6 Å². The second-order valence-electron chi connectivity index (χ2n) is 4.61. The zero-order valence-electron chi connectivity index (χ0n) is 11.7. The molecule has 0 fully saturated rings. The van der Waals surface area contributed by atoms with E-state index < -0.39 is 0 Å². The maximum absolute atomic E-state index is 13.4. The Hall–Kier alpha value is -2.28. The summed E-state index contributed by atoms with van der Waals surface area (Å²) in [6.45, 7) is 0.282. The Kier molecular flexibility index (Phi) is 4.15. The van der Waals surface area contributed by atoms with Crippen LogP contribution in [0, 0.1) is 5.82 Å². The fourth-order valence-corrected chi connectivity index (χ4v) is 2.31. The van der Waals surface area contributed by atoms with Gasteiger partial charge < -0.3 is 4.74 Å². The second kappa shape index (κ2) is 6.23. The van der Waals surface area contributed by atoms with Crippen molar-refractivity contribution in [2.24, 2.45) is 0 Å². The summed E-state index contributed by atoms with van der Waals surface area (Å²) in [6, 6.07) is 11.9. The first-order chi connectivity index (χ1) is 10.7. The number of hydrogen-bond acceptors (Lipinski definition) is 4. The molecule has 0 bridgehead atoms. The molecule has 3 aromatic rings. The summed E-state index contributed by atoms with van der Waals surface area (Å²) in [4.78, 5) is 1.41. The molecule has 0 aliphatic heterocycles. The average molecular weight is 363 g/mol. The molecule has 22 heavy (non-hydrogen) atoms. The van der Waals surface area contributed by atoms with E-state index in [-0.39, 0.29) is 12.4 Å². The van der Waals surface area contributed by atoms with Gasteiger partial charge in [0.2, 0.25) is 5.82 Å². The van der Waals surface area contributed by atoms with Gasteiger partial charge in [-0.25, -0.2) is 4.39 Å². The molecule has 0 saturated carbocycles. The van der Waals surface area contributed by atoms with Crippen LogP contribution in [0.15, 0.2) is 46.9 Å². The van der Waals surface area contributed by atoms with Crippen LogP contribution in [0.2, 0.25) is 0 Å². The molecule has 0 spiro atoms. The second-order valence-corrected chi connectivity index (χ2v) is 5.52. The first-order valence-electron chi connectivity index (χ1n) is 6.52. The van der Waals surface area contributed by atoms with Gasteiger partial charge in [0.1, 0.15) is 11.6 Å². The molecule has 0 saturated heterocycles. The molecule has 5 nitrogen and oxygen atoms in total. The number of rotatable bonds is 4. The predicted molar refractivity (Wildman–Crippen MR) is 83.0 cm³/mol. The third-order valence-corrected chi connectivity index (χ3v) is 3.64. The third-order valence-electron chi connectivity index (χ3n) is 3.11. The molecule has 0 amide bonds. The first kappa shape index (κ1) is 14.6. The van der Waals surface area contributed by atoms with Crippen molar-refractivity contribution in [3.63, 3.8) is 0 Å². The smallest absolute Gasteiger partial charge is 0.204 e. The number of aromatic nitrogens is 4. The molecular weight excluding hydrogens is 351 g/mol. The Bertz CT molecular complexity index is 788. The highest BCUT2D eigenvalue weighted by atomic mass is 79.9. The number of hydrogen-bond donors (Lipinski definition) is 0. The van der Waals surface area contributed by atoms with Crippen molar-refractivity contribution in [1.82, 2.24) is 20.2 Å². The van der Waals surface area contributed by atoms with Gasteiger partial charge in [0.25, 0.3) is 0 Å². The van der Waals surface area contributed by atoms with Gasteiger partial charge >= 0.3 is 0 Å². The van der Waals surface area contributed by atoms with E-state index in [1.807, 2.05) is 24.3 Å². The number of halogens is 2. The lowest BCUT2D eigenvalue weighted by atomic mass is 10.2. The Labute approximate surface area is 134 Å². The van der Waals surface area contributed by atoms with E-state index in [9.17, 15) is 4.39 Å². The Morgan fingerprint density at radius 1 is 1.18 bits per heavy atom. The van der Waals surface area contributed by atoms with Crippen LogP contribution in [-0.4, -0.2) is 27.3 Å². The Morgan fingerprint density at radius 3 is 2.68 bits per heavy atom. The summed E-state index contributed by atoms with van der Waals surface area (Å²) in [5, 5.41) is 12.3. The molecule has 0 radical (unpaired) electrons. The maximum Gasteiger partial charge on any atom is 0.204 e. The number of tetrazole rings is 1. The molecule has 0 N–H and O–H groups in total. The van der Waals surface area contributed by atoms with Crippen LogP contribution < -0.4 is 4.74 Å². The highest BCUT2D eigenvalue weighted by molar-refractivity contribution is 9.10. The van der Waals surface area contributed by atoms with E-state index >= 15 is 0 Å². The molecule has 0 aliphatic rings. The lowest BCUT2D eigenvalue weighted by molar-refractivity contribution is 0.403. The van der Waals surface area contributed by atoms with Gasteiger partial charge in [-0.2, -0.15) is 4.80 Å². The van der Waals surface area contributed by atoms with Crippen molar-refractivity contribution in [3.05, 3.63) is 58.3 Å². The minimum absolute atomic E-state index is 0.282. The van der Waals surface area contributed by atoms with Crippen LogP contribution in [0.4, 0.5) is 4.39 Å². The third kappa shape index (κ3) is 3.14. The molecular formula is C15H12BrFN4O. The van der Waals surface area contributed by atoms with E-state index in [2.05, 4.69) is 31.3 Å². The molecule has 2 aromatic carbocycles. The van der Waals surface area contributed by atoms with Gasteiger partial charge in [-0.05, 0) is 47.7 Å². The molecule has 1 heterocycles. The Balaban J connectivity index is 1.85. The first-order valence-corrected chi connectivity index (χ1v) is 7.31. The van der Waals surface area contributed by atoms with Crippen molar-refractivity contribution in [3.8, 4) is 17.1 Å². The quantitative estimate of drug-likeness (QED) is 0.714. The van der Waals surface area contributed by atoms with Crippen LogP contribution in [-0.2, 0) is 6.54 Å². The molecule has 7 heteroatoms. The monoisotopic (exact) mass is 362 g/mol. The van der Waals surface area contributed by atoms with Crippen molar-refractivity contribution < 1.29 is 9.13 Å². The number of benzene rings is 2.